The SMILES string of the molecule is CCC(=O)OCCCC[C@H](CON(O)O)ON(O)O. The van der Waals surface area contributed by atoms with Crippen molar-refractivity contribution in [1.29, 1.82) is 0 Å². The molecule has 0 heterocycles. The van der Waals surface area contributed by atoms with Crippen LogP contribution in [0.2, 0.25) is 0 Å². The van der Waals surface area contributed by atoms with Crippen molar-refractivity contribution in [2.45, 2.75) is 38.7 Å². The van der Waals surface area contributed by atoms with Gasteiger partial charge < -0.3 is 4.74 Å². The molecule has 0 aromatic rings. The van der Waals surface area contributed by atoms with Crippen molar-refractivity contribution in [3.05, 3.63) is 0 Å². The molecule has 0 spiro atoms. The second-order valence-corrected chi connectivity index (χ2v) is 3.60. The highest BCUT2D eigenvalue weighted by Gasteiger charge is 2.14. The first kappa shape index (κ1) is 18.1. The summed E-state index contributed by atoms with van der Waals surface area (Å²) in [4.78, 5) is 19.6. The second-order valence-electron chi connectivity index (χ2n) is 3.60. The molecule has 0 saturated carbocycles. The van der Waals surface area contributed by atoms with Crippen molar-refractivity contribution in [3.8, 4) is 0 Å². The van der Waals surface area contributed by atoms with Crippen molar-refractivity contribution in [2.75, 3.05) is 13.2 Å². The van der Waals surface area contributed by atoms with Crippen molar-refractivity contribution < 1.29 is 40.0 Å². The molecule has 0 saturated heterocycles. The summed E-state index contributed by atoms with van der Waals surface area (Å²) in [5, 5.41) is 32.7. The highest BCUT2D eigenvalue weighted by molar-refractivity contribution is 5.68. The van der Waals surface area contributed by atoms with Crippen LogP contribution in [0.1, 0.15) is 32.6 Å². The Hall–Kier alpha value is -0.850. The van der Waals surface area contributed by atoms with E-state index in [1.54, 1.807) is 6.92 Å². The molecule has 0 fully saturated rings. The number of rotatable bonds is 11. The maximum absolute atomic E-state index is 10.8. The maximum atomic E-state index is 10.8. The molecular formula is C9H20N2O8. The molecule has 4 N–H and O–H groups in total. The van der Waals surface area contributed by atoms with Crippen LogP contribution < -0.4 is 0 Å². The number of hydrogen-bond acceptors (Lipinski definition) is 10. The van der Waals surface area contributed by atoms with Crippen molar-refractivity contribution in [3.63, 3.8) is 0 Å². The van der Waals surface area contributed by atoms with Crippen LogP contribution in [0, 0.1) is 0 Å². The summed E-state index contributed by atoms with van der Waals surface area (Å²) in [6.07, 6.45) is 0.945. The van der Waals surface area contributed by atoms with Crippen LogP contribution in [0.3, 0.4) is 0 Å². The van der Waals surface area contributed by atoms with Gasteiger partial charge in [-0.3, -0.25) is 25.6 Å². The summed E-state index contributed by atoms with van der Waals surface area (Å²) >= 11 is 0. The predicted molar refractivity (Wildman–Crippen MR) is 56.8 cm³/mol. The summed E-state index contributed by atoms with van der Waals surface area (Å²) in [6, 6.07) is 0. The smallest absolute Gasteiger partial charge is 0.305 e. The van der Waals surface area contributed by atoms with Crippen LogP contribution in [-0.4, -0.2) is 56.9 Å². The van der Waals surface area contributed by atoms with Gasteiger partial charge in [-0.15, -0.1) is 0 Å². The van der Waals surface area contributed by atoms with E-state index >= 15 is 0 Å². The zero-order valence-electron chi connectivity index (χ0n) is 10.6. The summed E-state index contributed by atoms with van der Waals surface area (Å²) in [7, 11) is 0. The molecule has 0 aliphatic rings. The third kappa shape index (κ3) is 11.9. The van der Waals surface area contributed by atoms with E-state index in [0.29, 0.717) is 25.7 Å². The number of ether oxygens (including phenoxy) is 1. The minimum Gasteiger partial charge on any atom is -0.466 e. The molecule has 1 atom stereocenters. The second kappa shape index (κ2) is 11.0. The Morgan fingerprint density at radius 3 is 2.37 bits per heavy atom. The van der Waals surface area contributed by atoms with E-state index in [4.69, 9.17) is 25.6 Å². The molecule has 0 unspecified atom stereocenters. The predicted octanol–water partition coefficient (Wildman–Crippen LogP) is 0.503. The molecule has 0 aromatic carbocycles. The van der Waals surface area contributed by atoms with Gasteiger partial charge in [0.2, 0.25) is 0 Å². The van der Waals surface area contributed by atoms with Gasteiger partial charge in [0.15, 0.2) is 0 Å². The third-order valence-corrected chi connectivity index (χ3v) is 2.09. The van der Waals surface area contributed by atoms with Gasteiger partial charge in [0, 0.05) is 6.42 Å². The highest BCUT2D eigenvalue weighted by Crippen LogP contribution is 2.07. The first-order valence-corrected chi connectivity index (χ1v) is 5.76. The van der Waals surface area contributed by atoms with E-state index in [9.17, 15) is 4.79 Å². The van der Waals surface area contributed by atoms with Crippen molar-refractivity contribution in [2.24, 2.45) is 0 Å². The van der Waals surface area contributed by atoms with Gasteiger partial charge >= 0.3 is 5.97 Å². The van der Waals surface area contributed by atoms with Crippen molar-refractivity contribution >= 4 is 5.97 Å². The van der Waals surface area contributed by atoms with Gasteiger partial charge in [0.25, 0.3) is 0 Å². The van der Waals surface area contributed by atoms with Crippen molar-refractivity contribution in [1.82, 2.24) is 10.8 Å². The summed E-state index contributed by atoms with van der Waals surface area (Å²) < 4.78 is 4.84. The molecule has 0 bridgehead atoms. The van der Waals surface area contributed by atoms with Crippen LogP contribution in [0.25, 0.3) is 0 Å². The number of carbonyl (C=O) groups excluding carboxylic acids is 1. The zero-order chi connectivity index (χ0) is 14.7. The number of unbranched alkanes of at least 4 members (excludes halogenated alkanes) is 1. The zero-order valence-corrected chi connectivity index (χ0v) is 10.6. The van der Waals surface area contributed by atoms with Crippen LogP contribution in [-0.2, 0) is 19.2 Å². The van der Waals surface area contributed by atoms with Gasteiger partial charge in [-0.2, -0.15) is 0 Å². The van der Waals surface area contributed by atoms with E-state index in [-0.39, 0.29) is 19.2 Å². The maximum Gasteiger partial charge on any atom is 0.305 e. The molecule has 0 aromatic heterocycles. The third-order valence-electron chi connectivity index (χ3n) is 2.09. The van der Waals surface area contributed by atoms with E-state index in [1.807, 2.05) is 0 Å². The van der Waals surface area contributed by atoms with E-state index in [2.05, 4.69) is 9.68 Å². The van der Waals surface area contributed by atoms with Gasteiger partial charge in [-0.25, -0.2) is 9.68 Å². The van der Waals surface area contributed by atoms with Gasteiger partial charge in [-0.1, -0.05) is 6.92 Å². The number of carbonyl (C=O) groups is 1. The Morgan fingerprint density at radius 1 is 1.16 bits per heavy atom. The Kier molecular flexibility index (Phi) is 10.5. The summed E-state index contributed by atoms with van der Waals surface area (Å²) in [5.74, 6) is -0.288. The lowest BCUT2D eigenvalue weighted by Gasteiger charge is -2.18. The largest absolute Gasteiger partial charge is 0.466 e. The quantitative estimate of drug-likeness (QED) is 0.241. The van der Waals surface area contributed by atoms with E-state index in [1.165, 1.54) is 0 Å². The molecule has 114 valence electrons. The molecule has 10 heteroatoms. The molecular weight excluding hydrogens is 264 g/mol. The fraction of sp³-hybridized carbons (Fsp3) is 0.889. The fourth-order valence-corrected chi connectivity index (χ4v) is 1.21. The molecule has 0 amide bonds. The number of hydrogen-bond donors (Lipinski definition) is 4. The van der Waals surface area contributed by atoms with Crippen LogP contribution >= 0.6 is 0 Å². The normalized spacial score (nSPS) is 13.0. The molecule has 0 aliphatic heterocycles. The fourth-order valence-electron chi connectivity index (χ4n) is 1.21. The van der Waals surface area contributed by atoms with E-state index in [0.717, 1.165) is 0 Å². The van der Waals surface area contributed by atoms with Crippen LogP contribution in [0.15, 0.2) is 0 Å². The summed E-state index contributed by atoms with van der Waals surface area (Å²) in [5.41, 5.74) is 0. The molecule has 0 aliphatic carbocycles. The monoisotopic (exact) mass is 284 g/mol. The minimum absolute atomic E-state index is 0.258. The Balaban J connectivity index is 3.75. The molecule has 0 rings (SSSR count). The highest BCUT2D eigenvalue weighted by atomic mass is 17.1. The van der Waals surface area contributed by atoms with Crippen LogP contribution in [0.5, 0.6) is 0 Å². The Labute approximate surface area is 110 Å². The average Bonchev–Trinajstić information content (AvgIpc) is 2.34. The molecule has 0 radical (unpaired) electrons. The number of nitrogens with zero attached hydrogens (tertiary/aromatic N) is 2. The Morgan fingerprint density at radius 2 is 1.84 bits per heavy atom. The average molecular weight is 284 g/mol. The topological polar surface area (TPSA) is 132 Å². The van der Waals surface area contributed by atoms with Gasteiger partial charge in [0.05, 0.1) is 17.4 Å². The lowest BCUT2D eigenvalue weighted by molar-refractivity contribution is -0.527. The lowest BCUT2D eigenvalue weighted by Crippen LogP contribution is -2.31. The molecule has 19 heavy (non-hydrogen) atoms. The van der Waals surface area contributed by atoms with Gasteiger partial charge in [0.1, 0.15) is 12.7 Å². The number of esters is 1. The minimum atomic E-state index is -0.807. The van der Waals surface area contributed by atoms with Gasteiger partial charge in [-0.05, 0) is 19.3 Å². The first-order valence-electron chi connectivity index (χ1n) is 5.76. The summed E-state index contributed by atoms with van der Waals surface area (Å²) in [6.45, 7) is 1.64. The first-order chi connectivity index (χ1) is 8.95. The standard InChI is InChI=1S/C9H20N2O8/c1-2-9(12)17-6-4-3-5-8(19-11(15)16)7-18-10(13)14/h8,13-16H,2-7H2,1H3/t8-/m1/s1. The Bertz CT molecular complexity index is 238. The lowest BCUT2D eigenvalue weighted by atomic mass is 10.2. The van der Waals surface area contributed by atoms with Crippen LogP contribution in [0.4, 0.5) is 0 Å². The van der Waals surface area contributed by atoms with E-state index < -0.39 is 16.9 Å². The molecule has 10 nitrogen and oxygen atoms in total.